The van der Waals surface area contributed by atoms with Crippen LogP contribution < -0.4 is 4.74 Å². The molecule has 2 aromatic rings. The fourth-order valence-corrected chi connectivity index (χ4v) is 5.00. The number of sulfonamides is 1. The highest BCUT2D eigenvalue weighted by Crippen LogP contribution is 2.37. The highest BCUT2D eigenvalue weighted by molar-refractivity contribution is 7.89. The molecule has 0 bridgehead atoms. The number of ether oxygens (including phenoxy) is 1. The van der Waals surface area contributed by atoms with Crippen LogP contribution in [0.1, 0.15) is 16.9 Å². The quantitative estimate of drug-likeness (QED) is 0.732. The molecule has 9 heteroatoms. The number of benzene rings is 1. The van der Waals surface area contributed by atoms with Gasteiger partial charge in [0.2, 0.25) is 10.0 Å². The zero-order chi connectivity index (χ0) is 18.5. The zero-order valence-electron chi connectivity index (χ0n) is 14.6. The number of nitrogens with zero attached hydrogens (tertiary/aromatic N) is 4. The van der Waals surface area contributed by atoms with Crippen LogP contribution in [0.2, 0.25) is 0 Å². The Kier molecular flexibility index (Phi) is 3.81. The Morgan fingerprint density at radius 3 is 2.69 bits per heavy atom. The smallest absolute Gasteiger partial charge is 0.272 e. The predicted molar refractivity (Wildman–Crippen MR) is 93.3 cm³/mol. The summed E-state index contributed by atoms with van der Waals surface area (Å²) in [5.41, 5.74) is -0.264. The SMILES string of the molecule is CN1CC2(CCN(C(=O)c3ccnn3C)C2)Oc2ccccc2S1(=O)=O. The Morgan fingerprint density at radius 1 is 1.19 bits per heavy atom. The summed E-state index contributed by atoms with van der Waals surface area (Å²) in [4.78, 5) is 14.6. The lowest BCUT2D eigenvalue weighted by Crippen LogP contribution is -2.48. The van der Waals surface area contributed by atoms with E-state index in [2.05, 4.69) is 5.10 Å². The topological polar surface area (TPSA) is 84.7 Å². The Labute approximate surface area is 152 Å². The maximum Gasteiger partial charge on any atom is 0.272 e. The third-order valence-electron chi connectivity index (χ3n) is 5.02. The zero-order valence-corrected chi connectivity index (χ0v) is 15.4. The first-order valence-corrected chi connectivity index (χ1v) is 9.78. The van der Waals surface area contributed by atoms with Crippen LogP contribution in [0.3, 0.4) is 0 Å². The molecule has 2 aliphatic rings. The van der Waals surface area contributed by atoms with Gasteiger partial charge >= 0.3 is 0 Å². The molecular formula is C17H20N4O4S. The molecule has 1 aromatic carbocycles. The van der Waals surface area contributed by atoms with Crippen LogP contribution in [0.15, 0.2) is 41.4 Å². The lowest BCUT2D eigenvalue weighted by Gasteiger charge is -2.30. The average molecular weight is 376 g/mol. The molecule has 1 unspecified atom stereocenters. The molecular weight excluding hydrogens is 356 g/mol. The number of aromatic nitrogens is 2. The molecule has 1 aromatic heterocycles. The van der Waals surface area contributed by atoms with Crippen LogP contribution in [0, 0.1) is 0 Å². The summed E-state index contributed by atoms with van der Waals surface area (Å²) in [7, 11) is -0.348. The Balaban J connectivity index is 1.66. The second-order valence-electron chi connectivity index (χ2n) is 6.81. The number of hydrogen-bond donors (Lipinski definition) is 0. The van der Waals surface area contributed by atoms with E-state index in [1.165, 1.54) is 8.99 Å². The van der Waals surface area contributed by atoms with Crippen molar-refractivity contribution in [2.24, 2.45) is 7.05 Å². The van der Waals surface area contributed by atoms with Gasteiger partial charge < -0.3 is 9.64 Å². The number of aryl methyl sites for hydroxylation is 1. The minimum Gasteiger partial charge on any atom is -0.483 e. The van der Waals surface area contributed by atoms with Gasteiger partial charge in [0.25, 0.3) is 5.91 Å². The van der Waals surface area contributed by atoms with Crippen molar-refractivity contribution in [1.82, 2.24) is 19.0 Å². The monoisotopic (exact) mass is 376 g/mol. The first-order valence-electron chi connectivity index (χ1n) is 8.34. The van der Waals surface area contributed by atoms with Crippen molar-refractivity contribution in [1.29, 1.82) is 0 Å². The molecule has 1 amide bonds. The van der Waals surface area contributed by atoms with E-state index < -0.39 is 15.6 Å². The van der Waals surface area contributed by atoms with Gasteiger partial charge in [0, 0.05) is 33.3 Å². The number of likely N-dealkylation sites (N-methyl/N-ethyl adjacent to an activating group) is 1. The molecule has 3 heterocycles. The van der Waals surface area contributed by atoms with Gasteiger partial charge in [0.15, 0.2) is 0 Å². The van der Waals surface area contributed by atoms with Crippen molar-refractivity contribution >= 4 is 15.9 Å². The van der Waals surface area contributed by atoms with E-state index in [9.17, 15) is 13.2 Å². The van der Waals surface area contributed by atoms with Gasteiger partial charge in [0.1, 0.15) is 21.9 Å². The Morgan fingerprint density at radius 2 is 1.96 bits per heavy atom. The summed E-state index contributed by atoms with van der Waals surface area (Å²) in [6, 6.07) is 8.32. The van der Waals surface area contributed by atoms with E-state index in [1.807, 2.05) is 0 Å². The van der Waals surface area contributed by atoms with Crippen LogP contribution in [0.25, 0.3) is 0 Å². The van der Waals surface area contributed by atoms with Crippen molar-refractivity contribution in [3.63, 3.8) is 0 Å². The minimum atomic E-state index is -3.62. The Hall–Kier alpha value is -2.39. The van der Waals surface area contributed by atoms with Crippen molar-refractivity contribution in [2.45, 2.75) is 16.9 Å². The normalized spacial score (nSPS) is 24.9. The van der Waals surface area contributed by atoms with Crippen molar-refractivity contribution < 1.29 is 17.9 Å². The van der Waals surface area contributed by atoms with E-state index in [-0.39, 0.29) is 17.3 Å². The molecule has 138 valence electrons. The van der Waals surface area contributed by atoms with E-state index >= 15 is 0 Å². The number of hydrogen-bond acceptors (Lipinski definition) is 5. The van der Waals surface area contributed by atoms with E-state index in [1.54, 1.807) is 55.5 Å². The van der Waals surface area contributed by atoms with Crippen LogP contribution in [-0.2, 0) is 17.1 Å². The largest absolute Gasteiger partial charge is 0.483 e. The first-order chi connectivity index (χ1) is 12.3. The number of likely N-dealkylation sites (tertiary alicyclic amines) is 1. The summed E-state index contributed by atoms with van der Waals surface area (Å²) in [5.74, 6) is 0.209. The molecule has 0 radical (unpaired) electrons. The number of carbonyl (C=O) groups is 1. The van der Waals surface area contributed by atoms with Gasteiger partial charge in [-0.05, 0) is 18.2 Å². The van der Waals surface area contributed by atoms with Crippen LogP contribution in [0.5, 0.6) is 5.75 Å². The van der Waals surface area contributed by atoms with Gasteiger partial charge in [-0.1, -0.05) is 12.1 Å². The van der Waals surface area contributed by atoms with E-state index in [0.717, 1.165) is 0 Å². The summed E-state index contributed by atoms with van der Waals surface area (Å²) in [6.07, 6.45) is 2.14. The van der Waals surface area contributed by atoms with Crippen molar-refractivity contribution in [2.75, 3.05) is 26.7 Å². The van der Waals surface area contributed by atoms with Gasteiger partial charge in [-0.2, -0.15) is 9.40 Å². The number of fused-ring (bicyclic) bond motifs is 1. The molecule has 1 atom stereocenters. The third kappa shape index (κ3) is 2.58. The standard InChI is InChI=1S/C17H20N4O4S/c1-19-11-17(25-14-5-3-4-6-15(14)26(19,23)24)8-10-21(12-17)16(22)13-7-9-18-20(13)2/h3-7,9H,8,10-12H2,1-2H3. The molecule has 4 rings (SSSR count). The Bertz CT molecular complexity index is 971. The highest BCUT2D eigenvalue weighted by atomic mass is 32.2. The lowest BCUT2D eigenvalue weighted by molar-refractivity contribution is 0.0539. The molecule has 8 nitrogen and oxygen atoms in total. The van der Waals surface area contributed by atoms with Crippen molar-refractivity contribution in [3.8, 4) is 5.75 Å². The number of amides is 1. The van der Waals surface area contributed by atoms with Crippen molar-refractivity contribution in [3.05, 3.63) is 42.2 Å². The fraction of sp³-hybridized carbons (Fsp3) is 0.412. The molecule has 1 fully saturated rings. The second kappa shape index (κ2) is 5.82. The van der Waals surface area contributed by atoms with Gasteiger partial charge in [0.05, 0.1) is 13.1 Å². The van der Waals surface area contributed by atoms with Crippen LogP contribution >= 0.6 is 0 Å². The molecule has 0 saturated carbocycles. The van der Waals surface area contributed by atoms with Crippen LogP contribution in [-0.4, -0.2) is 65.6 Å². The van der Waals surface area contributed by atoms with Gasteiger partial charge in [-0.3, -0.25) is 9.48 Å². The molecule has 1 spiro atoms. The first kappa shape index (κ1) is 17.0. The maximum absolute atomic E-state index is 12.8. The number of para-hydroxylation sites is 1. The fourth-order valence-electron chi connectivity index (χ4n) is 3.65. The summed E-state index contributed by atoms with van der Waals surface area (Å²) in [6.45, 7) is 1.02. The summed E-state index contributed by atoms with van der Waals surface area (Å²) >= 11 is 0. The number of carbonyl (C=O) groups excluding carboxylic acids is 1. The van der Waals surface area contributed by atoms with E-state index in [0.29, 0.717) is 31.0 Å². The second-order valence-corrected chi connectivity index (χ2v) is 8.82. The minimum absolute atomic E-state index is 0.131. The summed E-state index contributed by atoms with van der Waals surface area (Å²) < 4.78 is 34.6. The molecule has 0 aliphatic carbocycles. The maximum atomic E-state index is 12.8. The summed E-state index contributed by atoms with van der Waals surface area (Å²) in [5, 5.41) is 4.04. The average Bonchev–Trinajstić information content (AvgIpc) is 3.19. The van der Waals surface area contributed by atoms with Crippen LogP contribution in [0.4, 0.5) is 0 Å². The highest BCUT2D eigenvalue weighted by Gasteiger charge is 2.48. The van der Waals surface area contributed by atoms with Gasteiger partial charge in [-0.15, -0.1) is 0 Å². The molecule has 1 saturated heterocycles. The predicted octanol–water partition coefficient (Wildman–Crippen LogP) is 0.718. The third-order valence-corrected chi connectivity index (χ3v) is 6.86. The molecule has 2 aliphatic heterocycles. The molecule has 26 heavy (non-hydrogen) atoms. The lowest BCUT2D eigenvalue weighted by atomic mass is 10.0. The molecule has 0 N–H and O–H groups in total. The number of rotatable bonds is 1. The van der Waals surface area contributed by atoms with Gasteiger partial charge in [-0.25, -0.2) is 8.42 Å². The van der Waals surface area contributed by atoms with E-state index in [4.69, 9.17) is 4.74 Å².